The van der Waals surface area contributed by atoms with Crippen LogP contribution in [0.1, 0.15) is 33.3 Å². The minimum absolute atomic E-state index is 0. The average Bonchev–Trinajstić information content (AvgIpc) is 2.06. The van der Waals surface area contributed by atoms with Gasteiger partial charge >= 0.3 is 0 Å². The Balaban J connectivity index is 0. The number of hydrogen-bond acceptors (Lipinski definition) is 0. The van der Waals surface area contributed by atoms with Gasteiger partial charge in [0.25, 0.3) is 0 Å². The van der Waals surface area contributed by atoms with Gasteiger partial charge in [-0.05, 0) is 12.3 Å². The minimum atomic E-state index is 0. The molecule has 77 valence electrons. The van der Waals surface area contributed by atoms with Gasteiger partial charge in [0.15, 0.2) is 0 Å². The second-order valence-corrected chi connectivity index (χ2v) is 3.56. The molecule has 0 saturated heterocycles. The second-order valence-electron chi connectivity index (χ2n) is 3.56. The first-order valence-electron chi connectivity index (χ1n) is 4.90. The molecule has 0 aliphatic carbocycles. The fraction of sp³-hybridized carbons (Fsp3) is 0.462. The van der Waals surface area contributed by atoms with Crippen molar-refractivity contribution in [3.05, 3.63) is 42.3 Å². The van der Waals surface area contributed by atoms with E-state index in [4.69, 9.17) is 0 Å². The van der Waals surface area contributed by atoms with Gasteiger partial charge in [0.05, 0.1) is 0 Å². The molecule has 0 unspecified atom stereocenters. The molecule has 0 spiro atoms. The zero-order valence-corrected chi connectivity index (χ0v) is 12.6. The molecule has 1 aromatic rings. The maximum Gasteiger partial charge on any atom is 0 e. The summed E-state index contributed by atoms with van der Waals surface area (Å²) in [4.78, 5) is 0. The second kappa shape index (κ2) is 11.4. The van der Waals surface area contributed by atoms with Crippen molar-refractivity contribution in [2.75, 3.05) is 0 Å². The van der Waals surface area contributed by atoms with Crippen molar-refractivity contribution in [3.63, 3.8) is 0 Å². The summed E-state index contributed by atoms with van der Waals surface area (Å²) >= 11 is 0. The monoisotopic (exact) mass is 265 g/mol. The van der Waals surface area contributed by atoms with E-state index in [-0.39, 0.29) is 32.7 Å². The summed E-state index contributed by atoms with van der Waals surface area (Å²) in [5.41, 5.74) is 1.32. The van der Waals surface area contributed by atoms with Crippen molar-refractivity contribution in [3.8, 4) is 0 Å². The van der Waals surface area contributed by atoms with E-state index in [2.05, 4.69) is 32.0 Å². The van der Waals surface area contributed by atoms with Crippen LogP contribution in [0.25, 0.3) is 0 Å². The van der Waals surface area contributed by atoms with Crippen LogP contribution in [0.4, 0.5) is 0 Å². The van der Waals surface area contributed by atoms with Gasteiger partial charge in [-0.25, -0.2) is 0 Å². The van der Waals surface area contributed by atoms with Gasteiger partial charge < -0.3 is 6.42 Å². The Labute approximate surface area is 114 Å². The third kappa shape index (κ3) is 10.4. The summed E-state index contributed by atoms with van der Waals surface area (Å²) in [5, 5.41) is 0. The van der Waals surface area contributed by atoms with Gasteiger partial charge in [0, 0.05) is 32.7 Å². The molecule has 0 amide bonds. The van der Waals surface area contributed by atoms with Crippen LogP contribution in [-0.2, 0) is 39.1 Å². The van der Waals surface area contributed by atoms with Gasteiger partial charge in [-0.2, -0.15) is 49.7 Å². The van der Waals surface area contributed by atoms with Crippen molar-refractivity contribution in [2.45, 2.75) is 34.1 Å². The molecule has 0 N–H and O–H groups in total. The molecule has 1 rings (SSSR count). The third-order valence-electron chi connectivity index (χ3n) is 1.40. The van der Waals surface area contributed by atoms with Crippen LogP contribution in [-0.4, -0.2) is 0 Å². The summed E-state index contributed by atoms with van der Waals surface area (Å²) in [7, 11) is 0. The topological polar surface area (TPSA) is 0 Å². The summed E-state index contributed by atoms with van der Waals surface area (Å²) < 4.78 is 0. The first-order valence-corrected chi connectivity index (χ1v) is 4.90. The van der Waals surface area contributed by atoms with Gasteiger partial charge in [-0.15, -0.1) is 0 Å². The first kappa shape index (κ1) is 16.7. The SMILES string of the molecule is CC(C)Cc1[c-]cccc1.C[CH-]C.[Y]. The van der Waals surface area contributed by atoms with E-state index in [1.807, 2.05) is 32.4 Å². The summed E-state index contributed by atoms with van der Waals surface area (Å²) in [6.07, 6.45) is 3.14. The molecule has 0 aliphatic rings. The normalized spacial score (nSPS) is 8.64. The van der Waals surface area contributed by atoms with E-state index >= 15 is 0 Å². The summed E-state index contributed by atoms with van der Waals surface area (Å²) in [5.74, 6) is 0.735. The quantitative estimate of drug-likeness (QED) is 0.711. The van der Waals surface area contributed by atoms with Crippen molar-refractivity contribution in [2.24, 2.45) is 5.92 Å². The zero-order valence-electron chi connectivity index (χ0n) is 9.75. The average molecular weight is 265 g/mol. The van der Waals surface area contributed by atoms with E-state index in [1.54, 1.807) is 0 Å². The molecule has 0 atom stereocenters. The maximum atomic E-state index is 3.20. The van der Waals surface area contributed by atoms with E-state index in [0.29, 0.717) is 0 Å². The van der Waals surface area contributed by atoms with Gasteiger partial charge in [0.2, 0.25) is 0 Å². The Morgan fingerprint density at radius 3 is 2.21 bits per heavy atom. The Morgan fingerprint density at radius 1 is 1.29 bits per heavy atom. The van der Waals surface area contributed by atoms with Crippen LogP contribution in [0, 0.1) is 18.4 Å². The van der Waals surface area contributed by atoms with E-state index < -0.39 is 0 Å². The summed E-state index contributed by atoms with van der Waals surface area (Å²) in [6.45, 7) is 8.45. The maximum absolute atomic E-state index is 3.20. The molecule has 1 radical (unpaired) electrons. The molecule has 0 aliphatic heterocycles. The van der Waals surface area contributed by atoms with Gasteiger partial charge in [0.1, 0.15) is 0 Å². The zero-order chi connectivity index (χ0) is 10.1. The van der Waals surface area contributed by atoms with Crippen molar-refractivity contribution in [1.29, 1.82) is 0 Å². The van der Waals surface area contributed by atoms with Crippen LogP contribution in [0.5, 0.6) is 0 Å². The minimum Gasteiger partial charge on any atom is -0.335 e. The van der Waals surface area contributed by atoms with Crippen molar-refractivity contribution >= 4 is 0 Å². The predicted octanol–water partition coefficient (Wildman–Crippen LogP) is 3.91. The Bertz CT molecular complexity index is 192. The van der Waals surface area contributed by atoms with Crippen LogP contribution < -0.4 is 0 Å². The molecule has 14 heavy (non-hydrogen) atoms. The Morgan fingerprint density at radius 2 is 1.86 bits per heavy atom. The molecule has 0 aromatic heterocycles. The van der Waals surface area contributed by atoms with Crippen LogP contribution in [0.15, 0.2) is 24.3 Å². The van der Waals surface area contributed by atoms with Crippen molar-refractivity contribution in [1.82, 2.24) is 0 Å². The van der Waals surface area contributed by atoms with E-state index in [9.17, 15) is 0 Å². The Hall–Kier alpha value is 0.324. The number of rotatable bonds is 2. The summed E-state index contributed by atoms with van der Waals surface area (Å²) in [6, 6.07) is 11.4. The van der Waals surface area contributed by atoms with Gasteiger partial charge in [-0.3, -0.25) is 0 Å². The molecular formula is C13H20Y-2. The molecule has 0 saturated carbocycles. The van der Waals surface area contributed by atoms with Crippen LogP contribution in [0.3, 0.4) is 0 Å². The fourth-order valence-electron chi connectivity index (χ4n) is 0.997. The first-order chi connectivity index (χ1) is 6.20. The molecule has 1 aromatic carbocycles. The number of hydrogen-bond donors (Lipinski definition) is 0. The number of benzene rings is 1. The van der Waals surface area contributed by atoms with Crippen LogP contribution >= 0.6 is 0 Å². The largest absolute Gasteiger partial charge is 0.335 e. The molecule has 0 fully saturated rings. The van der Waals surface area contributed by atoms with Crippen LogP contribution in [0.2, 0.25) is 0 Å². The molecular weight excluding hydrogens is 245 g/mol. The Kier molecular flexibility index (Phi) is 13.6. The third-order valence-corrected chi connectivity index (χ3v) is 1.40. The molecule has 0 bridgehead atoms. The van der Waals surface area contributed by atoms with E-state index in [0.717, 1.165) is 12.3 Å². The molecule has 0 nitrogen and oxygen atoms in total. The predicted molar refractivity (Wildman–Crippen MR) is 59.5 cm³/mol. The van der Waals surface area contributed by atoms with Gasteiger partial charge in [-0.1, -0.05) is 13.8 Å². The standard InChI is InChI=1S/C10H13.C3H7.Y/c1-9(2)8-10-6-4-3-5-7-10;1-3-2;/h3-6,9H,8H2,1-2H3;3H,1-2H3;/q2*-1;. The fourth-order valence-corrected chi connectivity index (χ4v) is 0.997. The van der Waals surface area contributed by atoms with Crippen molar-refractivity contribution < 1.29 is 32.7 Å². The molecule has 1 heteroatoms. The molecule has 0 heterocycles. The van der Waals surface area contributed by atoms with E-state index in [1.165, 1.54) is 5.56 Å². The smallest absolute Gasteiger partial charge is 0 e.